The molecule has 0 fully saturated rings. The first-order valence-corrected chi connectivity index (χ1v) is 12.4. The van der Waals surface area contributed by atoms with E-state index in [9.17, 15) is 0 Å². The highest BCUT2D eigenvalue weighted by Gasteiger charge is 2.34. The maximum Gasteiger partial charge on any atom is 0.236 e. The van der Waals surface area contributed by atoms with Crippen molar-refractivity contribution in [3.8, 4) is 11.5 Å². The molecular formula is C31H45NO2. The smallest absolute Gasteiger partial charge is 0.236 e. The molecule has 1 heterocycles. The van der Waals surface area contributed by atoms with E-state index in [0.717, 1.165) is 28.7 Å². The fourth-order valence-corrected chi connectivity index (χ4v) is 4.43. The molecule has 0 aliphatic carbocycles. The fourth-order valence-electron chi connectivity index (χ4n) is 4.43. The molecule has 0 aromatic heterocycles. The van der Waals surface area contributed by atoms with Gasteiger partial charge in [-0.1, -0.05) is 86.1 Å². The van der Waals surface area contributed by atoms with Crippen LogP contribution in [0.25, 0.3) is 0 Å². The van der Waals surface area contributed by atoms with Crippen molar-refractivity contribution in [2.75, 3.05) is 0 Å². The molecule has 0 atom stereocenters. The SMILES string of the molecule is C=[N+]1Cc2cccc(C(C)(C)C)c2OC(C)(C)Oc2c(cc(C(C)(C)C)cc2C(C)(C)C)[C-]1C. The quantitative estimate of drug-likeness (QED) is 0.292. The van der Waals surface area contributed by atoms with E-state index in [4.69, 9.17) is 9.47 Å². The van der Waals surface area contributed by atoms with Crippen LogP contribution in [0.2, 0.25) is 0 Å². The Bertz CT molecular complexity index is 1090. The van der Waals surface area contributed by atoms with Crippen LogP contribution in [0.15, 0.2) is 30.3 Å². The van der Waals surface area contributed by atoms with Gasteiger partial charge < -0.3 is 9.47 Å². The van der Waals surface area contributed by atoms with Gasteiger partial charge in [-0.3, -0.25) is 4.58 Å². The van der Waals surface area contributed by atoms with Crippen LogP contribution in [0.1, 0.15) is 111 Å². The second-order valence-corrected chi connectivity index (χ2v) is 13.3. The molecule has 0 radical (unpaired) electrons. The molecule has 2 aromatic carbocycles. The Morgan fingerprint density at radius 2 is 1.38 bits per heavy atom. The van der Waals surface area contributed by atoms with Crippen molar-refractivity contribution in [1.82, 2.24) is 0 Å². The van der Waals surface area contributed by atoms with Gasteiger partial charge in [-0.25, -0.2) is 0 Å². The Balaban J connectivity index is 2.31. The van der Waals surface area contributed by atoms with Crippen molar-refractivity contribution < 1.29 is 14.0 Å². The first-order chi connectivity index (χ1) is 15.3. The molecule has 3 heteroatoms. The number of hydrogen-bond acceptors (Lipinski definition) is 2. The summed E-state index contributed by atoms with van der Waals surface area (Å²) >= 11 is 0. The third-order valence-corrected chi connectivity index (χ3v) is 6.59. The van der Waals surface area contributed by atoms with Gasteiger partial charge in [0.1, 0.15) is 11.8 Å². The zero-order chi connectivity index (χ0) is 25.9. The summed E-state index contributed by atoms with van der Waals surface area (Å²) in [6.45, 7) is 31.5. The van der Waals surface area contributed by atoms with E-state index in [1.54, 1.807) is 0 Å². The Hall–Kier alpha value is -2.42. The van der Waals surface area contributed by atoms with Gasteiger partial charge in [-0.15, -0.1) is 6.07 Å². The topological polar surface area (TPSA) is 21.5 Å². The predicted octanol–water partition coefficient (Wildman–Crippen LogP) is 7.90. The van der Waals surface area contributed by atoms with E-state index >= 15 is 0 Å². The molecule has 1 aliphatic heterocycles. The van der Waals surface area contributed by atoms with Gasteiger partial charge in [0.15, 0.2) is 6.54 Å². The fraction of sp³-hybridized carbons (Fsp3) is 0.548. The van der Waals surface area contributed by atoms with Gasteiger partial charge in [0.05, 0.1) is 18.0 Å². The lowest BCUT2D eigenvalue weighted by molar-refractivity contribution is -0.514. The molecule has 186 valence electrons. The molecule has 0 saturated heterocycles. The maximum atomic E-state index is 6.83. The third kappa shape index (κ3) is 5.29. The zero-order valence-electron chi connectivity index (χ0n) is 23.6. The van der Waals surface area contributed by atoms with Crippen LogP contribution in [0.5, 0.6) is 11.5 Å². The van der Waals surface area contributed by atoms with Crippen LogP contribution < -0.4 is 9.47 Å². The van der Waals surface area contributed by atoms with Crippen molar-refractivity contribution >= 4 is 6.72 Å². The minimum Gasteiger partial charge on any atom is -0.499 e. The highest BCUT2D eigenvalue weighted by Crippen LogP contribution is 2.45. The van der Waals surface area contributed by atoms with Crippen molar-refractivity contribution in [1.29, 1.82) is 0 Å². The summed E-state index contributed by atoms with van der Waals surface area (Å²) in [6.07, 6.45) is 0. The Labute approximate surface area is 208 Å². The molecule has 34 heavy (non-hydrogen) atoms. The van der Waals surface area contributed by atoms with Crippen LogP contribution in [0.4, 0.5) is 0 Å². The predicted molar refractivity (Wildman–Crippen MR) is 143 cm³/mol. The summed E-state index contributed by atoms with van der Waals surface area (Å²) in [4.78, 5) is 0. The minimum atomic E-state index is -0.863. The Morgan fingerprint density at radius 1 is 0.824 bits per heavy atom. The second-order valence-electron chi connectivity index (χ2n) is 13.3. The van der Waals surface area contributed by atoms with Gasteiger partial charge >= 0.3 is 0 Å². The number of para-hydroxylation sites is 1. The van der Waals surface area contributed by atoms with Crippen molar-refractivity contribution in [2.45, 2.75) is 112 Å². The molecule has 0 amide bonds. The van der Waals surface area contributed by atoms with Gasteiger partial charge in [-0.2, -0.15) is 0 Å². The summed E-state index contributed by atoms with van der Waals surface area (Å²) in [6, 6.07) is 12.1. The zero-order valence-corrected chi connectivity index (χ0v) is 23.6. The maximum absolute atomic E-state index is 6.83. The average Bonchev–Trinajstić information content (AvgIpc) is 2.65. The molecule has 0 saturated carbocycles. The molecule has 0 bridgehead atoms. The van der Waals surface area contributed by atoms with E-state index < -0.39 is 5.79 Å². The van der Waals surface area contributed by atoms with Gasteiger partial charge in [0.25, 0.3) is 0 Å². The van der Waals surface area contributed by atoms with Gasteiger partial charge in [0.2, 0.25) is 5.79 Å². The number of nitrogens with zero attached hydrogens (tertiary/aromatic N) is 1. The minimum absolute atomic E-state index is 0.0108. The summed E-state index contributed by atoms with van der Waals surface area (Å²) < 4.78 is 15.6. The number of benzene rings is 2. The standard InChI is InChI=1S/C31H45NO2/c1-20-23-17-22(28(2,3)4)18-25(30(8,9)10)27(23)34-31(11,12)33-26-21(19-32(20)13)15-14-16-24(26)29(5,6)7/h14-18H,13,19H2,1-12H3. The first kappa shape index (κ1) is 26.2. The summed E-state index contributed by atoms with van der Waals surface area (Å²) in [7, 11) is 0. The normalized spacial score (nSPS) is 16.8. The second kappa shape index (κ2) is 8.36. The summed E-state index contributed by atoms with van der Waals surface area (Å²) in [5.74, 6) is 0.916. The van der Waals surface area contributed by atoms with E-state index in [1.165, 1.54) is 16.7 Å². The van der Waals surface area contributed by atoms with Crippen LogP contribution in [-0.4, -0.2) is 17.1 Å². The summed E-state index contributed by atoms with van der Waals surface area (Å²) in [5, 5.41) is 0. The molecular weight excluding hydrogens is 418 g/mol. The number of rotatable bonds is 0. The van der Waals surface area contributed by atoms with Crippen LogP contribution in [0.3, 0.4) is 0 Å². The van der Waals surface area contributed by atoms with Crippen LogP contribution in [-0.2, 0) is 22.8 Å². The first-order valence-electron chi connectivity index (χ1n) is 12.4. The van der Waals surface area contributed by atoms with Crippen molar-refractivity contribution in [2.24, 2.45) is 0 Å². The Kier molecular flexibility index (Phi) is 6.44. The number of ether oxygens (including phenoxy) is 2. The summed E-state index contributed by atoms with van der Waals surface area (Å²) in [5.41, 5.74) is 5.69. The lowest BCUT2D eigenvalue weighted by Gasteiger charge is -2.40. The largest absolute Gasteiger partial charge is 0.499 e. The molecule has 0 spiro atoms. The molecule has 3 rings (SSSR count). The van der Waals surface area contributed by atoms with Crippen LogP contribution >= 0.6 is 0 Å². The van der Waals surface area contributed by atoms with Crippen molar-refractivity contribution in [3.05, 3.63) is 64.2 Å². The average molecular weight is 464 g/mol. The lowest BCUT2D eigenvalue weighted by Crippen LogP contribution is -2.39. The monoisotopic (exact) mass is 463 g/mol. The lowest BCUT2D eigenvalue weighted by atomic mass is 9.78. The molecule has 3 nitrogen and oxygen atoms in total. The van der Waals surface area contributed by atoms with Crippen molar-refractivity contribution in [3.63, 3.8) is 0 Å². The van der Waals surface area contributed by atoms with E-state index in [2.05, 4.69) is 111 Å². The number of hydrogen-bond donors (Lipinski definition) is 0. The van der Waals surface area contributed by atoms with E-state index in [-0.39, 0.29) is 16.2 Å². The molecule has 0 N–H and O–H groups in total. The van der Waals surface area contributed by atoms with Gasteiger partial charge in [-0.05, 0) is 40.4 Å². The van der Waals surface area contributed by atoms with E-state index in [1.807, 2.05) is 13.8 Å². The van der Waals surface area contributed by atoms with E-state index in [0.29, 0.717) is 6.54 Å². The molecule has 1 aliphatic rings. The van der Waals surface area contributed by atoms with Gasteiger partial charge in [0, 0.05) is 19.4 Å². The molecule has 0 unspecified atom stereocenters. The molecule has 2 aromatic rings. The highest BCUT2D eigenvalue weighted by molar-refractivity contribution is 5.54. The number of fused-ring (bicyclic) bond motifs is 2. The Morgan fingerprint density at radius 3 is 1.91 bits per heavy atom. The highest BCUT2D eigenvalue weighted by atomic mass is 16.7. The third-order valence-electron chi connectivity index (χ3n) is 6.59. The van der Waals surface area contributed by atoms with Crippen LogP contribution in [0, 0.1) is 6.04 Å².